The maximum absolute atomic E-state index is 12.5. The van der Waals surface area contributed by atoms with Crippen molar-refractivity contribution in [2.45, 2.75) is 19.4 Å². The standard InChI is InChI=1S/C16H13BrCl2N2O4/c1-16(2,25-10-5-3-9(17)4-6-10)15(22)20-13-7-12(19)14(21(23)24)8-11(13)18/h3-8H,1-2H3,(H,20,22). The van der Waals surface area contributed by atoms with Gasteiger partial charge in [-0.3, -0.25) is 14.9 Å². The number of nitro groups is 1. The van der Waals surface area contributed by atoms with Crippen LogP contribution in [0.3, 0.4) is 0 Å². The molecule has 0 saturated heterocycles. The maximum Gasteiger partial charge on any atom is 0.289 e. The smallest absolute Gasteiger partial charge is 0.289 e. The van der Waals surface area contributed by atoms with Gasteiger partial charge in [-0.05, 0) is 44.2 Å². The van der Waals surface area contributed by atoms with Gasteiger partial charge in [0.25, 0.3) is 11.6 Å². The number of rotatable bonds is 5. The molecule has 2 aromatic rings. The molecule has 0 fully saturated rings. The Hall–Kier alpha value is -1.83. The highest BCUT2D eigenvalue weighted by atomic mass is 79.9. The molecule has 0 atom stereocenters. The van der Waals surface area contributed by atoms with Crippen LogP contribution in [0, 0.1) is 10.1 Å². The zero-order valence-electron chi connectivity index (χ0n) is 13.2. The second-order valence-corrected chi connectivity index (χ2v) is 7.29. The molecule has 0 saturated carbocycles. The number of benzene rings is 2. The number of carbonyl (C=O) groups excluding carboxylic acids is 1. The lowest BCUT2D eigenvalue weighted by Crippen LogP contribution is -2.42. The summed E-state index contributed by atoms with van der Waals surface area (Å²) in [5, 5.41) is 13.3. The van der Waals surface area contributed by atoms with Crippen LogP contribution in [0.25, 0.3) is 0 Å². The summed E-state index contributed by atoms with van der Waals surface area (Å²) in [5.74, 6) is 0.0263. The maximum atomic E-state index is 12.5. The third-order valence-corrected chi connectivity index (χ3v) is 4.36. The van der Waals surface area contributed by atoms with Gasteiger partial charge in [0.1, 0.15) is 10.8 Å². The first-order valence-corrected chi connectivity index (χ1v) is 8.54. The molecule has 0 spiro atoms. The monoisotopic (exact) mass is 446 g/mol. The van der Waals surface area contributed by atoms with Crippen molar-refractivity contribution in [3.63, 3.8) is 0 Å². The number of amides is 1. The van der Waals surface area contributed by atoms with E-state index in [4.69, 9.17) is 27.9 Å². The Balaban J connectivity index is 2.19. The minimum absolute atomic E-state index is 0.00360. The van der Waals surface area contributed by atoms with E-state index in [0.717, 1.165) is 10.5 Å². The van der Waals surface area contributed by atoms with Crippen molar-refractivity contribution >= 4 is 56.4 Å². The van der Waals surface area contributed by atoms with Gasteiger partial charge in [-0.2, -0.15) is 0 Å². The summed E-state index contributed by atoms with van der Waals surface area (Å²) in [4.78, 5) is 22.7. The third-order valence-electron chi connectivity index (χ3n) is 3.21. The molecule has 9 heteroatoms. The van der Waals surface area contributed by atoms with E-state index in [1.807, 2.05) is 0 Å². The molecule has 0 unspecified atom stereocenters. The number of nitrogens with zero attached hydrogens (tertiary/aromatic N) is 1. The molecule has 1 N–H and O–H groups in total. The minimum atomic E-state index is -1.22. The van der Waals surface area contributed by atoms with E-state index in [0.29, 0.717) is 5.75 Å². The summed E-state index contributed by atoms with van der Waals surface area (Å²) in [5.41, 5.74) is -1.39. The van der Waals surface area contributed by atoms with Gasteiger partial charge in [-0.25, -0.2) is 0 Å². The Labute approximate surface area is 162 Å². The molecule has 2 rings (SSSR count). The predicted octanol–water partition coefficient (Wildman–Crippen LogP) is 5.46. The van der Waals surface area contributed by atoms with E-state index in [2.05, 4.69) is 21.2 Å². The van der Waals surface area contributed by atoms with Gasteiger partial charge in [-0.15, -0.1) is 0 Å². The lowest BCUT2D eigenvalue weighted by Gasteiger charge is -2.25. The summed E-state index contributed by atoms with van der Waals surface area (Å²) < 4.78 is 6.59. The molecule has 6 nitrogen and oxygen atoms in total. The fourth-order valence-electron chi connectivity index (χ4n) is 1.89. The number of anilines is 1. The molecule has 2 aromatic carbocycles. The molecule has 0 bridgehead atoms. The van der Waals surface area contributed by atoms with E-state index in [1.54, 1.807) is 38.1 Å². The van der Waals surface area contributed by atoms with Crippen molar-refractivity contribution < 1.29 is 14.5 Å². The van der Waals surface area contributed by atoms with Gasteiger partial charge < -0.3 is 10.1 Å². The van der Waals surface area contributed by atoms with Gasteiger partial charge in [0.2, 0.25) is 0 Å². The molecule has 132 valence electrons. The van der Waals surface area contributed by atoms with Crippen LogP contribution in [-0.4, -0.2) is 16.4 Å². The van der Waals surface area contributed by atoms with E-state index < -0.39 is 16.4 Å². The first-order valence-electron chi connectivity index (χ1n) is 6.99. The number of ether oxygens (including phenoxy) is 1. The zero-order valence-corrected chi connectivity index (χ0v) is 16.3. The molecule has 0 aromatic heterocycles. The summed E-state index contributed by atoms with van der Waals surface area (Å²) in [6.07, 6.45) is 0. The zero-order chi connectivity index (χ0) is 18.8. The van der Waals surface area contributed by atoms with Crippen molar-refractivity contribution in [3.05, 3.63) is 61.0 Å². The topological polar surface area (TPSA) is 81.5 Å². The van der Waals surface area contributed by atoms with Gasteiger partial charge in [0.15, 0.2) is 5.60 Å². The first-order chi connectivity index (χ1) is 11.6. The molecule has 0 aliphatic carbocycles. The van der Waals surface area contributed by atoms with E-state index in [1.165, 1.54) is 6.07 Å². The van der Waals surface area contributed by atoms with Crippen LogP contribution < -0.4 is 10.1 Å². The van der Waals surface area contributed by atoms with E-state index >= 15 is 0 Å². The molecule has 0 aliphatic rings. The average Bonchev–Trinajstić information content (AvgIpc) is 2.52. The third kappa shape index (κ3) is 4.84. The van der Waals surface area contributed by atoms with Crippen LogP contribution in [0.15, 0.2) is 40.9 Å². The van der Waals surface area contributed by atoms with Crippen LogP contribution in [0.2, 0.25) is 10.0 Å². The highest BCUT2D eigenvalue weighted by molar-refractivity contribution is 9.10. The molecule has 0 aliphatic heterocycles. The number of hydrogen-bond donors (Lipinski definition) is 1. The van der Waals surface area contributed by atoms with Crippen molar-refractivity contribution in [1.29, 1.82) is 0 Å². The lowest BCUT2D eigenvalue weighted by molar-refractivity contribution is -0.384. The van der Waals surface area contributed by atoms with Crippen molar-refractivity contribution in [2.24, 2.45) is 0 Å². The van der Waals surface area contributed by atoms with E-state index in [9.17, 15) is 14.9 Å². The highest BCUT2D eigenvalue weighted by Gasteiger charge is 2.31. The second kappa shape index (κ2) is 7.59. The summed E-state index contributed by atoms with van der Waals surface area (Å²) in [6.45, 7) is 3.18. The van der Waals surface area contributed by atoms with Gasteiger partial charge in [0, 0.05) is 10.5 Å². The molecule has 25 heavy (non-hydrogen) atoms. The Morgan fingerprint density at radius 2 is 1.80 bits per heavy atom. The predicted molar refractivity (Wildman–Crippen MR) is 101 cm³/mol. The van der Waals surface area contributed by atoms with Crippen molar-refractivity contribution in [3.8, 4) is 5.75 Å². The SMILES string of the molecule is CC(C)(Oc1ccc(Br)cc1)C(=O)Nc1cc(Cl)c([N+](=O)[O-])cc1Cl. The number of nitrogens with one attached hydrogen (secondary N) is 1. The molecule has 1 amide bonds. The molecule has 0 radical (unpaired) electrons. The highest BCUT2D eigenvalue weighted by Crippen LogP contribution is 2.34. The lowest BCUT2D eigenvalue weighted by atomic mass is 10.1. The molecule has 0 heterocycles. The fraction of sp³-hybridized carbons (Fsp3) is 0.188. The normalized spacial score (nSPS) is 11.1. The van der Waals surface area contributed by atoms with Gasteiger partial charge >= 0.3 is 0 Å². The summed E-state index contributed by atoms with van der Waals surface area (Å²) in [7, 11) is 0. The number of carbonyl (C=O) groups is 1. The van der Waals surface area contributed by atoms with Gasteiger partial charge in [0.05, 0.1) is 15.6 Å². The van der Waals surface area contributed by atoms with Crippen molar-refractivity contribution in [2.75, 3.05) is 5.32 Å². The Morgan fingerprint density at radius 1 is 1.20 bits per heavy atom. The number of hydrogen-bond acceptors (Lipinski definition) is 4. The Morgan fingerprint density at radius 3 is 2.36 bits per heavy atom. The van der Waals surface area contributed by atoms with Gasteiger partial charge in [-0.1, -0.05) is 39.1 Å². The van der Waals surface area contributed by atoms with Crippen LogP contribution >= 0.6 is 39.1 Å². The molecular formula is C16H13BrCl2N2O4. The fourth-order valence-corrected chi connectivity index (χ4v) is 2.59. The minimum Gasteiger partial charge on any atom is -0.478 e. The van der Waals surface area contributed by atoms with Crippen LogP contribution in [0.5, 0.6) is 5.75 Å². The number of halogens is 3. The first kappa shape index (κ1) is 19.5. The summed E-state index contributed by atoms with van der Waals surface area (Å²) in [6, 6.07) is 9.33. The van der Waals surface area contributed by atoms with Crippen LogP contribution in [-0.2, 0) is 4.79 Å². The molecular weight excluding hydrogens is 435 g/mol. The van der Waals surface area contributed by atoms with Crippen LogP contribution in [0.1, 0.15) is 13.8 Å². The van der Waals surface area contributed by atoms with E-state index in [-0.39, 0.29) is 21.4 Å². The Bertz CT molecular complexity index is 826. The number of nitro benzene ring substituents is 1. The average molecular weight is 448 g/mol. The summed E-state index contributed by atoms with van der Waals surface area (Å²) >= 11 is 15.2. The second-order valence-electron chi connectivity index (χ2n) is 5.56. The largest absolute Gasteiger partial charge is 0.478 e. The Kier molecular flexibility index (Phi) is 5.92. The van der Waals surface area contributed by atoms with Crippen molar-refractivity contribution in [1.82, 2.24) is 0 Å². The van der Waals surface area contributed by atoms with Crippen LogP contribution in [0.4, 0.5) is 11.4 Å². The quantitative estimate of drug-likeness (QED) is 0.487.